The Kier molecular flexibility index (Phi) is 3.38. The summed E-state index contributed by atoms with van der Waals surface area (Å²) in [6, 6.07) is 4.02. The van der Waals surface area contributed by atoms with Crippen LogP contribution < -0.4 is 5.32 Å². The van der Waals surface area contributed by atoms with Gasteiger partial charge in [-0.2, -0.15) is 5.10 Å². The first kappa shape index (κ1) is 12.6. The Hall–Kier alpha value is -1.82. The molecular formula is C12H12FN3OS. The summed E-state index contributed by atoms with van der Waals surface area (Å²) in [5.74, 6) is -0.770. The summed E-state index contributed by atoms with van der Waals surface area (Å²) in [4.78, 5) is 12.1. The first-order valence-corrected chi connectivity index (χ1v) is 5.72. The van der Waals surface area contributed by atoms with E-state index in [4.69, 9.17) is 0 Å². The standard InChI is InChI=1S/C12H12FN3OS/c1-7-10(6-16(2)15-7)14-12(17)8-3-4-9(13)11(18)5-8/h3-6,18H,1-2H3,(H,14,17). The van der Waals surface area contributed by atoms with Crippen LogP contribution in [0, 0.1) is 12.7 Å². The Labute approximate surface area is 109 Å². The van der Waals surface area contributed by atoms with Crippen LogP contribution in [-0.2, 0) is 7.05 Å². The second-order valence-corrected chi connectivity index (χ2v) is 4.40. The minimum absolute atomic E-state index is 0.144. The molecule has 18 heavy (non-hydrogen) atoms. The number of nitrogens with zero attached hydrogens (tertiary/aromatic N) is 2. The van der Waals surface area contributed by atoms with E-state index in [0.717, 1.165) is 5.69 Å². The van der Waals surface area contributed by atoms with E-state index in [9.17, 15) is 9.18 Å². The van der Waals surface area contributed by atoms with Crippen molar-refractivity contribution in [1.82, 2.24) is 9.78 Å². The van der Waals surface area contributed by atoms with E-state index in [1.165, 1.54) is 18.2 Å². The first-order chi connectivity index (χ1) is 8.47. The van der Waals surface area contributed by atoms with Crippen LogP contribution in [0.25, 0.3) is 0 Å². The lowest BCUT2D eigenvalue weighted by Crippen LogP contribution is -2.12. The van der Waals surface area contributed by atoms with E-state index < -0.39 is 5.82 Å². The predicted molar refractivity (Wildman–Crippen MR) is 69.6 cm³/mol. The third kappa shape index (κ3) is 2.53. The molecule has 4 nitrogen and oxygen atoms in total. The molecule has 0 spiro atoms. The number of thiol groups is 1. The molecule has 1 aromatic heterocycles. The Morgan fingerprint density at radius 3 is 2.78 bits per heavy atom. The van der Waals surface area contributed by atoms with Crippen molar-refractivity contribution in [2.45, 2.75) is 11.8 Å². The van der Waals surface area contributed by atoms with Gasteiger partial charge in [-0.25, -0.2) is 4.39 Å². The molecule has 0 radical (unpaired) electrons. The Morgan fingerprint density at radius 1 is 1.50 bits per heavy atom. The first-order valence-electron chi connectivity index (χ1n) is 5.27. The lowest BCUT2D eigenvalue weighted by Gasteiger charge is -2.04. The third-order valence-corrected chi connectivity index (χ3v) is 2.81. The number of carbonyl (C=O) groups excluding carboxylic acids is 1. The number of amides is 1. The van der Waals surface area contributed by atoms with E-state index in [-0.39, 0.29) is 10.8 Å². The highest BCUT2D eigenvalue weighted by atomic mass is 32.1. The Balaban J connectivity index is 2.22. The van der Waals surface area contributed by atoms with Crippen molar-refractivity contribution < 1.29 is 9.18 Å². The molecular weight excluding hydrogens is 253 g/mol. The van der Waals surface area contributed by atoms with Crippen LogP contribution in [0.1, 0.15) is 16.1 Å². The molecule has 1 aromatic carbocycles. The zero-order valence-electron chi connectivity index (χ0n) is 9.94. The van der Waals surface area contributed by atoms with Gasteiger partial charge in [0.15, 0.2) is 0 Å². The SMILES string of the molecule is Cc1nn(C)cc1NC(=O)c1ccc(F)c(S)c1. The topological polar surface area (TPSA) is 46.9 Å². The molecule has 94 valence electrons. The average Bonchev–Trinajstić information content (AvgIpc) is 2.61. The monoisotopic (exact) mass is 265 g/mol. The maximum atomic E-state index is 13.0. The molecule has 1 heterocycles. The number of aromatic nitrogens is 2. The summed E-state index contributed by atoms with van der Waals surface area (Å²) in [6.07, 6.45) is 1.71. The van der Waals surface area contributed by atoms with E-state index in [1.54, 1.807) is 24.9 Å². The van der Waals surface area contributed by atoms with Crippen LogP contribution in [0.4, 0.5) is 10.1 Å². The summed E-state index contributed by atoms with van der Waals surface area (Å²) in [6.45, 7) is 1.80. The smallest absolute Gasteiger partial charge is 0.255 e. The fourth-order valence-electron chi connectivity index (χ4n) is 1.57. The van der Waals surface area contributed by atoms with Crippen LogP contribution in [0.2, 0.25) is 0 Å². The summed E-state index contributed by atoms with van der Waals surface area (Å²) in [5, 5.41) is 6.83. The summed E-state index contributed by atoms with van der Waals surface area (Å²) < 4.78 is 14.6. The van der Waals surface area contributed by atoms with Gasteiger partial charge in [0.25, 0.3) is 5.91 Å². The van der Waals surface area contributed by atoms with Crippen molar-refractivity contribution in [2.75, 3.05) is 5.32 Å². The van der Waals surface area contributed by atoms with Gasteiger partial charge in [-0.1, -0.05) is 0 Å². The minimum atomic E-state index is -0.451. The number of benzene rings is 1. The number of hydrogen-bond donors (Lipinski definition) is 2. The highest BCUT2D eigenvalue weighted by Gasteiger charge is 2.11. The largest absolute Gasteiger partial charge is 0.319 e. The van der Waals surface area contributed by atoms with Crippen molar-refractivity contribution in [3.8, 4) is 0 Å². The lowest BCUT2D eigenvalue weighted by atomic mass is 10.2. The van der Waals surface area contributed by atoms with Crippen LogP contribution in [0.3, 0.4) is 0 Å². The Bertz CT molecular complexity index is 609. The van der Waals surface area contributed by atoms with Gasteiger partial charge in [-0.3, -0.25) is 9.48 Å². The Morgan fingerprint density at radius 2 is 2.22 bits per heavy atom. The van der Waals surface area contributed by atoms with Gasteiger partial charge in [0.2, 0.25) is 0 Å². The van der Waals surface area contributed by atoms with Crippen molar-refractivity contribution in [3.63, 3.8) is 0 Å². The van der Waals surface area contributed by atoms with Crippen molar-refractivity contribution >= 4 is 24.2 Å². The molecule has 0 fully saturated rings. The van der Waals surface area contributed by atoms with Gasteiger partial charge in [0, 0.05) is 23.7 Å². The molecule has 1 N–H and O–H groups in total. The van der Waals surface area contributed by atoms with Crippen LogP contribution in [-0.4, -0.2) is 15.7 Å². The number of hydrogen-bond acceptors (Lipinski definition) is 3. The van der Waals surface area contributed by atoms with E-state index in [1.807, 2.05) is 0 Å². The van der Waals surface area contributed by atoms with Gasteiger partial charge in [0.1, 0.15) is 5.82 Å². The van der Waals surface area contributed by atoms with E-state index in [0.29, 0.717) is 11.3 Å². The zero-order valence-corrected chi connectivity index (χ0v) is 10.8. The van der Waals surface area contributed by atoms with Crippen molar-refractivity contribution in [1.29, 1.82) is 0 Å². The molecule has 0 atom stereocenters. The van der Waals surface area contributed by atoms with E-state index in [2.05, 4.69) is 23.0 Å². The maximum absolute atomic E-state index is 13.0. The number of anilines is 1. The normalized spacial score (nSPS) is 10.4. The minimum Gasteiger partial charge on any atom is -0.319 e. The highest BCUT2D eigenvalue weighted by Crippen LogP contribution is 2.17. The van der Waals surface area contributed by atoms with Crippen LogP contribution >= 0.6 is 12.6 Å². The van der Waals surface area contributed by atoms with Gasteiger partial charge in [0.05, 0.1) is 11.4 Å². The molecule has 0 aliphatic heterocycles. The number of halogens is 1. The number of rotatable bonds is 2. The number of aryl methyl sites for hydroxylation is 2. The zero-order chi connectivity index (χ0) is 13.3. The molecule has 6 heteroatoms. The predicted octanol–water partition coefficient (Wildman–Crippen LogP) is 2.41. The van der Waals surface area contributed by atoms with Gasteiger partial charge in [-0.15, -0.1) is 12.6 Å². The van der Waals surface area contributed by atoms with Crippen LogP contribution in [0.15, 0.2) is 29.3 Å². The molecule has 2 aromatic rings. The molecule has 0 aliphatic rings. The highest BCUT2D eigenvalue weighted by molar-refractivity contribution is 7.80. The summed E-state index contributed by atoms with van der Waals surface area (Å²) in [7, 11) is 1.77. The van der Waals surface area contributed by atoms with Crippen molar-refractivity contribution in [3.05, 3.63) is 41.5 Å². The fraction of sp³-hybridized carbons (Fsp3) is 0.167. The number of carbonyl (C=O) groups is 1. The molecule has 0 saturated carbocycles. The average molecular weight is 265 g/mol. The summed E-state index contributed by atoms with van der Waals surface area (Å²) in [5.41, 5.74) is 1.70. The number of nitrogens with one attached hydrogen (secondary N) is 1. The van der Waals surface area contributed by atoms with Gasteiger partial charge < -0.3 is 5.32 Å². The van der Waals surface area contributed by atoms with Crippen molar-refractivity contribution in [2.24, 2.45) is 7.05 Å². The van der Waals surface area contributed by atoms with Crippen LogP contribution in [0.5, 0.6) is 0 Å². The van der Waals surface area contributed by atoms with E-state index >= 15 is 0 Å². The molecule has 2 rings (SSSR count). The molecule has 0 bridgehead atoms. The molecule has 0 unspecified atom stereocenters. The summed E-state index contributed by atoms with van der Waals surface area (Å²) >= 11 is 3.94. The fourth-order valence-corrected chi connectivity index (χ4v) is 1.78. The maximum Gasteiger partial charge on any atom is 0.255 e. The lowest BCUT2D eigenvalue weighted by molar-refractivity contribution is 0.102. The third-order valence-electron chi connectivity index (χ3n) is 2.47. The quantitative estimate of drug-likeness (QED) is 0.819. The molecule has 0 aliphatic carbocycles. The molecule has 1 amide bonds. The van der Waals surface area contributed by atoms with Gasteiger partial charge >= 0.3 is 0 Å². The van der Waals surface area contributed by atoms with Gasteiger partial charge in [-0.05, 0) is 25.1 Å². The second kappa shape index (κ2) is 4.81. The second-order valence-electron chi connectivity index (χ2n) is 3.92. The molecule has 0 saturated heterocycles.